The quantitative estimate of drug-likeness (QED) is 0.777. The van der Waals surface area contributed by atoms with Gasteiger partial charge in [0.25, 0.3) is 0 Å². The van der Waals surface area contributed by atoms with E-state index in [-0.39, 0.29) is 5.82 Å². The molecule has 1 aromatic carbocycles. The van der Waals surface area contributed by atoms with Crippen LogP contribution in [0.1, 0.15) is 23.6 Å². The van der Waals surface area contributed by atoms with Crippen LogP contribution in [0.4, 0.5) is 4.39 Å². The third-order valence-electron chi connectivity index (χ3n) is 3.19. The summed E-state index contributed by atoms with van der Waals surface area (Å²) in [7, 11) is 0. The number of rotatable bonds is 2. The van der Waals surface area contributed by atoms with Crippen molar-refractivity contribution in [3.63, 3.8) is 0 Å². The van der Waals surface area contributed by atoms with Gasteiger partial charge < -0.3 is 11.1 Å². The predicted octanol–water partition coefficient (Wildman–Crippen LogP) is 1.74. The molecular weight excluding hydrogens is 191 g/mol. The highest BCUT2D eigenvalue weighted by atomic mass is 19.1. The summed E-state index contributed by atoms with van der Waals surface area (Å²) in [5, 5.41) is 3.42. The van der Waals surface area contributed by atoms with Gasteiger partial charge >= 0.3 is 0 Å². The van der Waals surface area contributed by atoms with Crippen LogP contribution in [0, 0.1) is 18.7 Å². The van der Waals surface area contributed by atoms with E-state index in [0.717, 1.165) is 18.5 Å². The molecule has 1 heterocycles. The van der Waals surface area contributed by atoms with E-state index in [1.165, 1.54) is 6.07 Å². The van der Waals surface area contributed by atoms with Gasteiger partial charge in [0.05, 0.1) is 0 Å². The van der Waals surface area contributed by atoms with Crippen LogP contribution in [-0.4, -0.2) is 13.1 Å². The van der Waals surface area contributed by atoms with Gasteiger partial charge in [-0.3, -0.25) is 0 Å². The largest absolute Gasteiger partial charge is 0.330 e. The van der Waals surface area contributed by atoms with Crippen LogP contribution >= 0.6 is 0 Å². The molecule has 15 heavy (non-hydrogen) atoms. The zero-order valence-corrected chi connectivity index (χ0v) is 8.96. The van der Waals surface area contributed by atoms with Gasteiger partial charge in [0, 0.05) is 6.04 Å². The molecule has 3 heteroatoms. The Morgan fingerprint density at radius 3 is 3.00 bits per heavy atom. The van der Waals surface area contributed by atoms with Gasteiger partial charge in [-0.1, -0.05) is 12.1 Å². The highest BCUT2D eigenvalue weighted by Gasteiger charge is 2.26. The molecule has 2 nitrogen and oxygen atoms in total. The van der Waals surface area contributed by atoms with Crippen molar-refractivity contribution < 1.29 is 4.39 Å². The van der Waals surface area contributed by atoms with Crippen LogP contribution in [0.3, 0.4) is 0 Å². The number of benzene rings is 1. The summed E-state index contributed by atoms with van der Waals surface area (Å²) in [5.41, 5.74) is 7.58. The Morgan fingerprint density at radius 2 is 2.33 bits per heavy atom. The highest BCUT2D eigenvalue weighted by Crippen LogP contribution is 2.29. The van der Waals surface area contributed by atoms with E-state index < -0.39 is 0 Å². The molecule has 1 fully saturated rings. The Hall–Kier alpha value is -0.930. The van der Waals surface area contributed by atoms with Gasteiger partial charge in [-0.25, -0.2) is 4.39 Å². The lowest BCUT2D eigenvalue weighted by Crippen LogP contribution is -2.23. The van der Waals surface area contributed by atoms with E-state index in [1.54, 1.807) is 6.92 Å². The van der Waals surface area contributed by atoms with Crippen molar-refractivity contribution in [3.05, 3.63) is 35.1 Å². The van der Waals surface area contributed by atoms with Gasteiger partial charge in [0.1, 0.15) is 5.82 Å². The third-order valence-corrected chi connectivity index (χ3v) is 3.19. The summed E-state index contributed by atoms with van der Waals surface area (Å²) in [4.78, 5) is 0. The van der Waals surface area contributed by atoms with Gasteiger partial charge in [0.2, 0.25) is 0 Å². The maximum Gasteiger partial charge on any atom is 0.126 e. The van der Waals surface area contributed by atoms with Gasteiger partial charge in [0.15, 0.2) is 0 Å². The van der Waals surface area contributed by atoms with Crippen molar-refractivity contribution in [1.82, 2.24) is 5.32 Å². The average molecular weight is 208 g/mol. The first-order chi connectivity index (χ1) is 7.22. The Balaban J connectivity index is 2.25. The molecular formula is C12H17FN2. The van der Waals surface area contributed by atoms with E-state index in [0.29, 0.717) is 24.1 Å². The van der Waals surface area contributed by atoms with E-state index in [9.17, 15) is 4.39 Å². The minimum absolute atomic E-state index is 0.138. The maximum absolute atomic E-state index is 13.1. The van der Waals surface area contributed by atoms with Crippen LogP contribution in [0.15, 0.2) is 18.2 Å². The molecule has 1 aromatic rings. The number of hydrogen-bond donors (Lipinski definition) is 2. The molecule has 1 aliphatic rings. The molecule has 3 N–H and O–H groups in total. The third kappa shape index (κ3) is 2.03. The second kappa shape index (κ2) is 4.29. The molecule has 82 valence electrons. The lowest BCUT2D eigenvalue weighted by molar-refractivity contribution is 0.471. The molecule has 0 aromatic heterocycles. The van der Waals surface area contributed by atoms with Crippen LogP contribution in [0.25, 0.3) is 0 Å². The maximum atomic E-state index is 13.1. The lowest BCUT2D eigenvalue weighted by atomic mass is 9.93. The monoisotopic (exact) mass is 208 g/mol. The van der Waals surface area contributed by atoms with Gasteiger partial charge in [-0.15, -0.1) is 0 Å². The van der Waals surface area contributed by atoms with Crippen molar-refractivity contribution in [2.75, 3.05) is 13.1 Å². The van der Waals surface area contributed by atoms with Crippen molar-refractivity contribution in [2.45, 2.75) is 19.4 Å². The summed E-state index contributed by atoms with van der Waals surface area (Å²) < 4.78 is 13.1. The Labute approximate surface area is 89.7 Å². The molecule has 0 saturated carbocycles. The summed E-state index contributed by atoms with van der Waals surface area (Å²) in [6.45, 7) is 3.49. The Bertz CT molecular complexity index is 351. The zero-order valence-electron chi connectivity index (χ0n) is 8.96. The molecule has 0 spiro atoms. The molecule has 2 rings (SSSR count). The average Bonchev–Trinajstić information content (AvgIpc) is 2.70. The predicted molar refractivity (Wildman–Crippen MR) is 59.0 cm³/mol. The summed E-state index contributed by atoms with van der Waals surface area (Å²) in [6.07, 6.45) is 1.11. The fourth-order valence-corrected chi connectivity index (χ4v) is 2.26. The standard InChI is InChI=1S/C12H17FN2/c1-8-6-9(2-3-11(8)13)12-10(7-14)4-5-15-12/h2-3,6,10,12,15H,4-5,7,14H2,1H3. The normalized spacial score (nSPS) is 25.8. The van der Waals surface area contributed by atoms with Gasteiger partial charge in [-0.2, -0.15) is 0 Å². The van der Waals surface area contributed by atoms with Crippen LogP contribution in [0.5, 0.6) is 0 Å². The minimum atomic E-state index is -0.138. The molecule has 1 aliphatic heterocycles. The topological polar surface area (TPSA) is 38.0 Å². The molecule has 0 bridgehead atoms. The molecule has 1 saturated heterocycles. The number of aryl methyl sites for hydroxylation is 1. The van der Waals surface area contributed by atoms with Crippen molar-refractivity contribution in [2.24, 2.45) is 11.7 Å². The van der Waals surface area contributed by atoms with Crippen LogP contribution in [0.2, 0.25) is 0 Å². The molecule has 0 radical (unpaired) electrons. The fourth-order valence-electron chi connectivity index (χ4n) is 2.26. The van der Waals surface area contributed by atoms with Crippen LogP contribution < -0.4 is 11.1 Å². The number of nitrogens with two attached hydrogens (primary N) is 1. The molecule has 0 amide bonds. The Kier molecular flexibility index (Phi) is 3.03. The second-order valence-electron chi connectivity index (χ2n) is 4.22. The van der Waals surface area contributed by atoms with Gasteiger partial charge in [-0.05, 0) is 49.5 Å². The van der Waals surface area contributed by atoms with Crippen molar-refractivity contribution in [3.8, 4) is 0 Å². The smallest absolute Gasteiger partial charge is 0.126 e. The fraction of sp³-hybridized carbons (Fsp3) is 0.500. The van der Waals surface area contributed by atoms with Crippen molar-refractivity contribution >= 4 is 0 Å². The first-order valence-electron chi connectivity index (χ1n) is 5.42. The van der Waals surface area contributed by atoms with E-state index in [1.807, 2.05) is 12.1 Å². The number of nitrogens with one attached hydrogen (secondary N) is 1. The zero-order chi connectivity index (χ0) is 10.8. The minimum Gasteiger partial charge on any atom is -0.330 e. The van der Waals surface area contributed by atoms with E-state index in [2.05, 4.69) is 5.32 Å². The van der Waals surface area contributed by atoms with Crippen molar-refractivity contribution in [1.29, 1.82) is 0 Å². The first kappa shape index (κ1) is 10.6. The summed E-state index contributed by atoms with van der Waals surface area (Å²) >= 11 is 0. The summed E-state index contributed by atoms with van der Waals surface area (Å²) in [6, 6.07) is 5.61. The van der Waals surface area contributed by atoms with E-state index >= 15 is 0 Å². The van der Waals surface area contributed by atoms with E-state index in [4.69, 9.17) is 5.73 Å². The van der Waals surface area contributed by atoms with Crippen LogP contribution in [-0.2, 0) is 0 Å². The molecule has 2 atom stereocenters. The SMILES string of the molecule is Cc1cc(C2NCCC2CN)ccc1F. The molecule has 2 unspecified atom stereocenters. The first-order valence-corrected chi connectivity index (χ1v) is 5.42. The number of halogens is 1. The highest BCUT2D eigenvalue weighted by molar-refractivity contribution is 5.27. The second-order valence-corrected chi connectivity index (χ2v) is 4.22. The summed E-state index contributed by atoms with van der Waals surface area (Å²) in [5.74, 6) is 0.343. The molecule has 0 aliphatic carbocycles. The Morgan fingerprint density at radius 1 is 1.53 bits per heavy atom. The number of hydrogen-bond acceptors (Lipinski definition) is 2. The lowest BCUT2D eigenvalue weighted by Gasteiger charge is -2.18.